The molecule has 4 unspecified atom stereocenters. The first-order valence-corrected chi connectivity index (χ1v) is 13.7. The number of para-hydroxylation sites is 2. The van der Waals surface area contributed by atoms with Crippen LogP contribution in [0, 0.1) is 22.0 Å². The van der Waals surface area contributed by atoms with Crippen LogP contribution in [0.1, 0.15) is 17.2 Å². The van der Waals surface area contributed by atoms with Crippen molar-refractivity contribution in [3.63, 3.8) is 0 Å². The maximum atomic E-state index is 14.0. The summed E-state index contributed by atoms with van der Waals surface area (Å²) in [5, 5.41) is 29.9. The predicted octanol–water partition coefficient (Wildman–Crippen LogP) is 4.15. The number of aromatic nitrogens is 1. The van der Waals surface area contributed by atoms with Gasteiger partial charge in [0.15, 0.2) is 0 Å². The van der Waals surface area contributed by atoms with Crippen LogP contribution in [0.3, 0.4) is 0 Å². The number of halogens is 1. The Balaban J connectivity index is 1.43. The van der Waals surface area contributed by atoms with Gasteiger partial charge in [-0.3, -0.25) is 34.7 Å². The second-order valence-corrected chi connectivity index (χ2v) is 11.0. The maximum absolute atomic E-state index is 14.0. The van der Waals surface area contributed by atoms with E-state index in [1.165, 1.54) is 18.2 Å². The van der Waals surface area contributed by atoms with Crippen molar-refractivity contribution in [2.24, 2.45) is 11.8 Å². The molecule has 1 aromatic heterocycles. The fourth-order valence-electron chi connectivity index (χ4n) is 6.37. The molecule has 3 aromatic carbocycles. The average Bonchev–Trinajstić information content (AvgIpc) is 3.62. The second kappa shape index (κ2) is 10.6. The lowest BCUT2D eigenvalue weighted by molar-refractivity contribution is -0.385. The number of likely N-dealkylation sites (tertiary alicyclic amines) is 1. The van der Waals surface area contributed by atoms with Gasteiger partial charge in [-0.25, -0.2) is 0 Å². The monoisotopic (exact) mass is 587 g/mol. The molecule has 42 heavy (non-hydrogen) atoms. The summed E-state index contributed by atoms with van der Waals surface area (Å²) in [6.07, 6.45) is 1.54. The van der Waals surface area contributed by atoms with Gasteiger partial charge in [-0.15, -0.1) is 0 Å². The Hall–Kier alpha value is -4.74. The quantitative estimate of drug-likeness (QED) is 0.129. The molecule has 2 saturated heterocycles. The molecule has 4 atom stereocenters. The van der Waals surface area contributed by atoms with Crippen molar-refractivity contribution < 1.29 is 24.4 Å². The van der Waals surface area contributed by atoms with Crippen LogP contribution in [-0.4, -0.2) is 56.3 Å². The zero-order valence-electron chi connectivity index (χ0n) is 22.1. The van der Waals surface area contributed by atoms with Gasteiger partial charge in [0.05, 0.1) is 22.8 Å². The summed E-state index contributed by atoms with van der Waals surface area (Å²) in [5.74, 6) is -5.08. The van der Waals surface area contributed by atoms with E-state index in [1.54, 1.807) is 6.20 Å². The Kier molecular flexibility index (Phi) is 6.91. The van der Waals surface area contributed by atoms with Crippen LogP contribution in [0.4, 0.5) is 11.4 Å². The number of rotatable bonds is 9. The van der Waals surface area contributed by atoms with Crippen LogP contribution in [0.2, 0.25) is 5.02 Å². The molecule has 6 rings (SSSR count). The molecule has 4 aromatic rings. The number of H-pyrrole nitrogens is 1. The topological polar surface area (TPSA) is 158 Å². The van der Waals surface area contributed by atoms with E-state index in [0.717, 1.165) is 21.5 Å². The molecule has 4 N–H and O–H groups in total. The van der Waals surface area contributed by atoms with Gasteiger partial charge in [-0.2, -0.15) is 0 Å². The van der Waals surface area contributed by atoms with Crippen LogP contribution in [0.15, 0.2) is 79.0 Å². The van der Waals surface area contributed by atoms with Gasteiger partial charge >= 0.3 is 5.97 Å². The fourth-order valence-corrected chi connectivity index (χ4v) is 6.55. The average molecular weight is 588 g/mol. The number of nitrogens with zero attached hydrogens (tertiary/aromatic N) is 2. The van der Waals surface area contributed by atoms with E-state index >= 15 is 0 Å². The highest BCUT2D eigenvalue weighted by Crippen LogP contribution is 2.52. The smallest absolute Gasteiger partial charge is 0.325 e. The van der Waals surface area contributed by atoms with E-state index in [0.29, 0.717) is 5.56 Å². The van der Waals surface area contributed by atoms with E-state index in [4.69, 9.17) is 11.6 Å². The highest BCUT2D eigenvalue weighted by atomic mass is 35.5. The lowest BCUT2D eigenvalue weighted by Gasteiger charge is -2.31. The van der Waals surface area contributed by atoms with Crippen LogP contribution < -0.4 is 10.6 Å². The first-order valence-electron chi connectivity index (χ1n) is 13.4. The van der Waals surface area contributed by atoms with Crippen molar-refractivity contribution in [2.45, 2.75) is 18.0 Å². The van der Waals surface area contributed by atoms with Gasteiger partial charge in [0, 0.05) is 58.9 Å². The molecule has 2 amide bonds. The van der Waals surface area contributed by atoms with Crippen LogP contribution in [-0.2, 0) is 20.8 Å². The van der Waals surface area contributed by atoms with Crippen molar-refractivity contribution in [3.05, 3.63) is 105 Å². The zero-order valence-corrected chi connectivity index (χ0v) is 22.9. The summed E-state index contributed by atoms with van der Waals surface area (Å²) in [6, 6.07) is 19.4. The number of carbonyl (C=O) groups is 3. The van der Waals surface area contributed by atoms with E-state index in [1.807, 2.05) is 54.6 Å². The van der Waals surface area contributed by atoms with E-state index < -0.39 is 46.1 Å². The summed E-state index contributed by atoms with van der Waals surface area (Å²) < 4.78 is 0. The molecule has 11 nitrogen and oxygen atoms in total. The number of nitro groups is 1. The largest absolute Gasteiger partial charge is 0.480 e. The minimum absolute atomic E-state index is 0.00724. The van der Waals surface area contributed by atoms with Gasteiger partial charge in [-0.05, 0) is 35.9 Å². The number of nitrogens with one attached hydrogen (secondary N) is 3. The molecule has 3 heterocycles. The molecule has 0 spiro atoms. The number of fused-ring (bicyclic) bond motifs is 2. The Morgan fingerprint density at radius 3 is 2.55 bits per heavy atom. The number of carboxylic acids is 1. The van der Waals surface area contributed by atoms with Gasteiger partial charge in [0.25, 0.3) is 5.69 Å². The molecule has 12 heteroatoms. The molecular formula is C30H26ClN5O6. The number of aromatic amines is 1. The molecule has 214 valence electrons. The van der Waals surface area contributed by atoms with Gasteiger partial charge in [0.2, 0.25) is 11.8 Å². The highest BCUT2D eigenvalue weighted by Gasteiger charge is 2.69. The molecular weight excluding hydrogens is 562 g/mol. The Bertz CT molecular complexity index is 1730. The Labute approximate surface area is 244 Å². The molecule has 0 bridgehead atoms. The molecule has 0 saturated carbocycles. The van der Waals surface area contributed by atoms with Gasteiger partial charge in [0.1, 0.15) is 5.54 Å². The minimum atomic E-state index is -1.94. The van der Waals surface area contributed by atoms with E-state index in [-0.39, 0.29) is 35.8 Å². The van der Waals surface area contributed by atoms with Crippen molar-refractivity contribution in [1.29, 1.82) is 0 Å². The molecule has 0 radical (unpaired) electrons. The van der Waals surface area contributed by atoms with Crippen LogP contribution in [0.5, 0.6) is 0 Å². The van der Waals surface area contributed by atoms with Crippen LogP contribution >= 0.6 is 11.6 Å². The first kappa shape index (κ1) is 27.4. The summed E-state index contributed by atoms with van der Waals surface area (Å²) >= 11 is 6.24. The van der Waals surface area contributed by atoms with Crippen molar-refractivity contribution in [1.82, 2.24) is 15.2 Å². The van der Waals surface area contributed by atoms with Crippen molar-refractivity contribution in [2.75, 3.05) is 18.4 Å². The molecule has 2 aliphatic heterocycles. The van der Waals surface area contributed by atoms with Crippen molar-refractivity contribution >= 4 is 51.7 Å². The van der Waals surface area contributed by atoms with Crippen LogP contribution in [0.25, 0.3) is 10.9 Å². The zero-order chi connectivity index (χ0) is 29.6. The number of carboxylic acid groups (broad SMARTS) is 1. The number of amides is 2. The number of benzene rings is 3. The Morgan fingerprint density at radius 2 is 1.81 bits per heavy atom. The molecule has 2 aliphatic rings. The second-order valence-electron chi connectivity index (χ2n) is 10.5. The third kappa shape index (κ3) is 4.47. The summed E-state index contributed by atoms with van der Waals surface area (Å²) in [4.78, 5) is 56.8. The number of aliphatic carboxylic acids is 1. The van der Waals surface area contributed by atoms with E-state index in [2.05, 4.69) is 15.6 Å². The summed E-state index contributed by atoms with van der Waals surface area (Å²) in [7, 11) is 0. The lowest BCUT2D eigenvalue weighted by atomic mass is 9.76. The number of hydrogen-bond acceptors (Lipinski definition) is 7. The normalized spacial score (nSPS) is 23.4. The van der Waals surface area contributed by atoms with E-state index in [9.17, 15) is 29.6 Å². The minimum Gasteiger partial charge on any atom is -0.480 e. The number of carbonyl (C=O) groups excluding carboxylic acids is 2. The standard InChI is InChI=1S/C30H26ClN5O6/c31-18-10-11-23(36(41)42)21(14-18)26-24-25(28(38)35(27(24)37)13-12-32-19-6-2-1-3-7-19)30(34-26,29(39)40)15-17-16-33-22-9-5-4-8-20(17)22/h1-11,14,16,24-26,32-34H,12-13,15H2,(H,39,40). The fraction of sp³-hybridized carbons (Fsp3) is 0.233. The summed E-state index contributed by atoms with van der Waals surface area (Å²) in [6.45, 7) is 0.228. The maximum Gasteiger partial charge on any atom is 0.325 e. The first-order chi connectivity index (χ1) is 20.2. The van der Waals surface area contributed by atoms with Crippen molar-refractivity contribution in [3.8, 4) is 0 Å². The third-order valence-electron chi connectivity index (χ3n) is 8.23. The third-order valence-corrected chi connectivity index (χ3v) is 8.47. The molecule has 0 aliphatic carbocycles. The number of anilines is 1. The number of nitro benzene ring substituents is 1. The summed E-state index contributed by atoms with van der Waals surface area (Å²) in [5.41, 5.74) is -0.00406. The number of hydrogen-bond donors (Lipinski definition) is 4. The van der Waals surface area contributed by atoms with Gasteiger partial charge < -0.3 is 15.4 Å². The Morgan fingerprint density at radius 1 is 1.07 bits per heavy atom. The number of imide groups is 1. The molecule has 2 fully saturated rings. The lowest BCUT2D eigenvalue weighted by Crippen LogP contribution is -2.57. The highest BCUT2D eigenvalue weighted by molar-refractivity contribution is 6.30. The predicted molar refractivity (Wildman–Crippen MR) is 155 cm³/mol. The van der Waals surface area contributed by atoms with Gasteiger partial charge in [-0.1, -0.05) is 48.0 Å². The SMILES string of the molecule is O=C1C2C(c3cc(Cl)ccc3[N+](=O)[O-])NC(Cc3c[nH]c4ccccc34)(C(=O)O)C2C(=O)N1CCNc1ccccc1.